The minimum atomic E-state index is 0.112. The summed E-state index contributed by atoms with van der Waals surface area (Å²) in [6.45, 7) is 6.34. The molecule has 1 saturated heterocycles. The van der Waals surface area contributed by atoms with E-state index in [0.717, 1.165) is 38.7 Å². The second kappa shape index (κ2) is 9.46. The highest BCUT2D eigenvalue weighted by Crippen LogP contribution is 2.17. The molecule has 142 valence electrons. The van der Waals surface area contributed by atoms with Crippen LogP contribution >= 0.6 is 0 Å². The van der Waals surface area contributed by atoms with Crippen molar-refractivity contribution < 1.29 is 4.79 Å². The second-order valence-corrected chi connectivity index (χ2v) is 7.02. The number of nitrogens with zero attached hydrogens (tertiary/aromatic N) is 3. The summed E-state index contributed by atoms with van der Waals surface area (Å²) in [5, 5.41) is 6.72. The number of guanidine groups is 1. The first-order chi connectivity index (χ1) is 12.8. The minimum absolute atomic E-state index is 0.112. The third-order valence-corrected chi connectivity index (χ3v) is 5.17. The van der Waals surface area contributed by atoms with Crippen LogP contribution in [0.2, 0.25) is 0 Å². The average molecular weight is 358 g/mol. The highest BCUT2D eigenvalue weighted by molar-refractivity contribution is 5.85. The molecule has 1 aromatic carbocycles. The van der Waals surface area contributed by atoms with Gasteiger partial charge in [0, 0.05) is 44.5 Å². The fourth-order valence-corrected chi connectivity index (χ4v) is 3.68. The lowest BCUT2D eigenvalue weighted by Gasteiger charge is -2.36. The normalized spacial score (nSPS) is 18.9. The fraction of sp³-hybridized carbons (Fsp3) is 0.600. The molecule has 6 nitrogen and oxygen atoms in total. The van der Waals surface area contributed by atoms with Crippen molar-refractivity contribution in [2.75, 3.05) is 44.2 Å². The first-order valence-electron chi connectivity index (χ1n) is 9.89. The third-order valence-electron chi connectivity index (χ3n) is 5.17. The molecular weight excluding hydrogens is 326 g/mol. The van der Waals surface area contributed by atoms with Crippen LogP contribution in [-0.2, 0) is 4.79 Å². The van der Waals surface area contributed by atoms with Crippen molar-refractivity contribution in [2.24, 2.45) is 4.99 Å². The van der Waals surface area contributed by atoms with Crippen LogP contribution in [-0.4, -0.2) is 62.1 Å². The summed E-state index contributed by atoms with van der Waals surface area (Å²) in [6, 6.07) is 10.9. The van der Waals surface area contributed by atoms with Crippen LogP contribution in [0.5, 0.6) is 0 Å². The Kier molecular flexibility index (Phi) is 6.75. The fourth-order valence-electron chi connectivity index (χ4n) is 3.68. The van der Waals surface area contributed by atoms with Gasteiger partial charge in [-0.25, -0.2) is 4.99 Å². The van der Waals surface area contributed by atoms with Crippen LogP contribution in [0.15, 0.2) is 35.3 Å². The SMILES string of the molecule is CCNC(=NCC(=O)N1CCN(c2ccccc2)CC1)NC1CCCC1. The number of aliphatic imine (C=N–C) groups is 1. The van der Waals surface area contributed by atoms with Crippen LogP contribution in [0, 0.1) is 0 Å². The van der Waals surface area contributed by atoms with Gasteiger partial charge in [-0.1, -0.05) is 31.0 Å². The molecule has 0 radical (unpaired) electrons. The lowest BCUT2D eigenvalue weighted by Crippen LogP contribution is -2.50. The Morgan fingerprint density at radius 1 is 1.12 bits per heavy atom. The summed E-state index contributed by atoms with van der Waals surface area (Å²) < 4.78 is 0. The zero-order valence-corrected chi connectivity index (χ0v) is 15.8. The van der Waals surface area contributed by atoms with Crippen molar-refractivity contribution in [2.45, 2.75) is 38.6 Å². The van der Waals surface area contributed by atoms with E-state index < -0.39 is 0 Å². The van der Waals surface area contributed by atoms with Gasteiger partial charge in [-0.15, -0.1) is 0 Å². The Balaban J connectivity index is 1.48. The number of hydrogen-bond acceptors (Lipinski definition) is 3. The predicted octanol–water partition coefficient (Wildman–Crippen LogP) is 1.83. The van der Waals surface area contributed by atoms with E-state index in [2.05, 4.69) is 51.7 Å². The molecule has 2 N–H and O–H groups in total. The highest BCUT2D eigenvalue weighted by Gasteiger charge is 2.21. The van der Waals surface area contributed by atoms with Crippen molar-refractivity contribution in [1.29, 1.82) is 0 Å². The molecule has 1 aliphatic carbocycles. The van der Waals surface area contributed by atoms with Gasteiger partial charge in [-0.05, 0) is 31.9 Å². The Morgan fingerprint density at radius 2 is 1.81 bits per heavy atom. The van der Waals surface area contributed by atoms with Crippen LogP contribution in [0.1, 0.15) is 32.6 Å². The number of piperazine rings is 1. The molecule has 1 saturated carbocycles. The molecule has 2 aliphatic rings. The Hall–Kier alpha value is -2.24. The van der Waals surface area contributed by atoms with E-state index in [4.69, 9.17) is 0 Å². The number of para-hydroxylation sites is 1. The molecule has 0 bridgehead atoms. The molecule has 1 aromatic rings. The van der Waals surface area contributed by atoms with E-state index in [0.29, 0.717) is 6.04 Å². The van der Waals surface area contributed by atoms with Gasteiger partial charge < -0.3 is 20.4 Å². The summed E-state index contributed by atoms with van der Waals surface area (Å²) in [5.41, 5.74) is 1.23. The third kappa shape index (κ3) is 5.13. The number of anilines is 1. The number of rotatable bonds is 5. The monoisotopic (exact) mass is 357 g/mol. The van der Waals surface area contributed by atoms with E-state index in [-0.39, 0.29) is 12.5 Å². The average Bonchev–Trinajstić information content (AvgIpc) is 3.20. The van der Waals surface area contributed by atoms with E-state index in [9.17, 15) is 4.79 Å². The largest absolute Gasteiger partial charge is 0.368 e. The molecular formula is C20H31N5O. The number of carbonyl (C=O) groups excluding carboxylic acids is 1. The molecule has 26 heavy (non-hydrogen) atoms. The molecule has 1 amide bonds. The topological polar surface area (TPSA) is 60.0 Å². The quantitative estimate of drug-likeness (QED) is 0.624. The van der Waals surface area contributed by atoms with Crippen molar-refractivity contribution in [3.63, 3.8) is 0 Å². The first kappa shape index (κ1) is 18.5. The molecule has 0 unspecified atom stereocenters. The second-order valence-electron chi connectivity index (χ2n) is 7.02. The van der Waals surface area contributed by atoms with E-state index in [1.54, 1.807) is 0 Å². The molecule has 1 heterocycles. The van der Waals surface area contributed by atoms with Gasteiger partial charge in [-0.3, -0.25) is 4.79 Å². The number of amides is 1. The van der Waals surface area contributed by atoms with Crippen molar-refractivity contribution in [3.05, 3.63) is 30.3 Å². The van der Waals surface area contributed by atoms with E-state index >= 15 is 0 Å². The minimum Gasteiger partial charge on any atom is -0.368 e. The maximum Gasteiger partial charge on any atom is 0.244 e. The molecule has 0 aromatic heterocycles. The number of carbonyl (C=O) groups is 1. The summed E-state index contributed by atoms with van der Waals surface area (Å²) in [7, 11) is 0. The van der Waals surface area contributed by atoms with Gasteiger partial charge in [0.2, 0.25) is 5.91 Å². The molecule has 1 aliphatic heterocycles. The zero-order chi connectivity index (χ0) is 18.2. The van der Waals surface area contributed by atoms with Gasteiger partial charge in [-0.2, -0.15) is 0 Å². The van der Waals surface area contributed by atoms with Crippen molar-refractivity contribution >= 4 is 17.6 Å². The van der Waals surface area contributed by atoms with Crippen LogP contribution in [0.4, 0.5) is 5.69 Å². The molecule has 3 rings (SSSR count). The summed E-state index contributed by atoms with van der Waals surface area (Å²) in [6.07, 6.45) is 4.95. The molecule has 6 heteroatoms. The summed E-state index contributed by atoms with van der Waals surface area (Å²) in [4.78, 5) is 21.3. The Bertz CT molecular complexity index is 589. The summed E-state index contributed by atoms with van der Waals surface area (Å²) in [5.74, 6) is 0.886. The van der Waals surface area contributed by atoms with Crippen LogP contribution < -0.4 is 15.5 Å². The lowest BCUT2D eigenvalue weighted by atomic mass is 10.2. The van der Waals surface area contributed by atoms with Gasteiger partial charge in [0.15, 0.2) is 5.96 Å². The van der Waals surface area contributed by atoms with Gasteiger partial charge in [0.25, 0.3) is 0 Å². The molecule has 0 atom stereocenters. The Morgan fingerprint density at radius 3 is 2.46 bits per heavy atom. The molecule has 0 spiro atoms. The highest BCUT2D eigenvalue weighted by atomic mass is 16.2. The maximum absolute atomic E-state index is 12.5. The number of nitrogens with one attached hydrogen (secondary N) is 2. The predicted molar refractivity (Wildman–Crippen MR) is 107 cm³/mol. The zero-order valence-electron chi connectivity index (χ0n) is 15.8. The smallest absolute Gasteiger partial charge is 0.244 e. The number of hydrogen-bond donors (Lipinski definition) is 2. The van der Waals surface area contributed by atoms with E-state index in [1.807, 2.05) is 11.0 Å². The lowest BCUT2D eigenvalue weighted by molar-refractivity contribution is -0.129. The standard InChI is InChI=1S/C20H31N5O/c1-2-21-20(23-17-8-6-7-9-17)22-16-19(26)25-14-12-24(13-15-25)18-10-4-3-5-11-18/h3-5,10-11,17H,2,6-9,12-16H2,1H3,(H2,21,22,23). The summed E-state index contributed by atoms with van der Waals surface area (Å²) >= 11 is 0. The van der Waals surface area contributed by atoms with Gasteiger partial charge >= 0.3 is 0 Å². The first-order valence-corrected chi connectivity index (χ1v) is 9.89. The van der Waals surface area contributed by atoms with Crippen molar-refractivity contribution in [3.8, 4) is 0 Å². The molecule has 2 fully saturated rings. The maximum atomic E-state index is 12.5. The van der Waals surface area contributed by atoms with Crippen LogP contribution in [0.3, 0.4) is 0 Å². The van der Waals surface area contributed by atoms with Gasteiger partial charge in [0.1, 0.15) is 6.54 Å². The number of benzene rings is 1. The van der Waals surface area contributed by atoms with Gasteiger partial charge in [0.05, 0.1) is 0 Å². The van der Waals surface area contributed by atoms with Crippen LogP contribution in [0.25, 0.3) is 0 Å². The van der Waals surface area contributed by atoms with Crippen molar-refractivity contribution in [1.82, 2.24) is 15.5 Å². The van der Waals surface area contributed by atoms with E-state index in [1.165, 1.54) is 31.4 Å². The Labute approximate surface area is 156 Å².